The molecule has 0 unspecified atom stereocenters. The van der Waals surface area contributed by atoms with Crippen LogP contribution < -0.4 is 26.5 Å². The number of aromatic nitrogens is 4. The summed E-state index contributed by atoms with van der Waals surface area (Å²) in [7, 11) is 4.27. The molecule has 0 atom stereocenters. The Kier molecular flexibility index (Phi) is 7.30. The van der Waals surface area contributed by atoms with E-state index in [4.69, 9.17) is 43.7 Å². The van der Waals surface area contributed by atoms with Crippen LogP contribution in [-0.4, -0.2) is 31.7 Å². The summed E-state index contributed by atoms with van der Waals surface area (Å²) < 4.78 is 15.2. The molecular weight excluding hydrogens is 535 g/mol. The number of aryl methyl sites for hydroxylation is 1. The molecule has 0 aliphatic rings. The van der Waals surface area contributed by atoms with E-state index in [0.717, 1.165) is 4.57 Å². The lowest BCUT2D eigenvalue weighted by atomic mass is 10.1. The summed E-state index contributed by atoms with van der Waals surface area (Å²) in [6, 6.07) is 11.3. The monoisotopic (exact) mass is 554 g/mol. The van der Waals surface area contributed by atoms with Gasteiger partial charge in [0.25, 0.3) is 11.5 Å². The fourth-order valence-corrected chi connectivity index (χ4v) is 4.22. The summed E-state index contributed by atoms with van der Waals surface area (Å²) in [4.78, 5) is 41.6. The number of nitriles is 1. The molecule has 0 spiro atoms. The van der Waals surface area contributed by atoms with Gasteiger partial charge in [-0.1, -0.05) is 35.3 Å². The van der Waals surface area contributed by atoms with Gasteiger partial charge in [0.05, 0.1) is 13.7 Å². The summed E-state index contributed by atoms with van der Waals surface area (Å²) in [5, 5.41) is 9.93. The van der Waals surface area contributed by atoms with Gasteiger partial charge in [-0.2, -0.15) is 10.2 Å². The largest absolute Gasteiger partial charge is 0.493 e. The van der Waals surface area contributed by atoms with E-state index >= 15 is 0 Å². The first-order valence-electron chi connectivity index (χ1n) is 10.9. The Labute approximate surface area is 225 Å². The SMILES string of the molecule is COc1cc(C=C(C#N)C(N)=O)ccc1Oc1nc2c(c(=O)n(C)c(=O)n2C)n1Cc1ccc(Cl)cc1Cl. The van der Waals surface area contributed by atoms with Gasteiger partial charge in [0.1, 0.15) is 11.6 Å². The van der Waals surface area contributed by atoms with Gasteiger partial charge in [-0.05, 0) is 41.5 Å². The molecule has 2 aromatic heterocycles. The number of primary amides is 1. The Morgan fingerprint density at radius 2 is 1.87 bits per heavy atom. The van der Waals surface area contributed by atoms with E-state index in [2.05, 4.69) is 4.98 Å². The van der Waals surface area contributed by atoms with Gasteiger partial charge < -0.3 is 15.2 Å². The second kappa shape index (κ2) is 10.5. The van der Waals surface area contributed by atoms with Crippen molar-refractivity contribution in [2.75, 3.05) is 7.11 Å². The second-order valence-electron chi connectivity index (χ2n) is 8.14. The van der Waals surface area contributed by atoms with E-state index < -0.39 is 17.2 Å². The average Bonchev–Trinajstić information content (AvgIpc) is 3.24. The molecule has 13 heteroatoms. The van der Waals surface area contributed by atoms with E-state index in [-0.39, 0.29) is 40.8 Å². The van der Waals surface area contributed by atoms with E-state index in [1.165, 1.54) is 48.5 Å². The predicted octanol–water partition coefficient (Wildman–Crippen LogP) is 2.98. The standard InChI is InChI=1S/C25H20Cl2N6O5/c1-31-22-20(23(35)32(2)25(31)36)33(12-14-5-6-16(26)10-17(14)27)24(30-22)38-18-7-4-13(9-19(18)37-3)8-15(11-28)21(29)34/h4-10H,12H2,1-3H3,(H2,29,34). The third kappa shape index (κ3) is 4.87. The topological polar surface area (TPSA) is 147 Å². The van der Waals surface area contributed by atoms with Gasteiger partial charge in [0, 0.05) is 24.1 Å². The minimum atomic E-state index is -0.867. The molecule has 1 amide bonds. The number of carbonyl (C=O) groups is 1. The fraction of sp³-hybridized carbons (Fsp3) is 0.160. The first kappa shape index (κ1) is 26.5. The minimum Gasteiger partial charge on any atom is -0.493 e. The van der Waals surface area contributed by atoms with Crippen molar-refractivity contribution in [1.82, 2.24) is 18.7 Å². The van der Waals surface area contributed by atoms with Gasteiger partial charge in [0.15, 0.2) is 22.7 Å². The normalized spacial score (nSPS) is 11.4. The third-order valence-corrected chi connectivity index (χ3v) is 6.33. The molecule has 11 nitrogen and oxygen atoms in total. The number of methoxy groups -OCH3 is 1. The number of benzene rings is 2. The fourth-order valence-electron chi connectivity index (χ4n) is 3.75. The quantitative estimate of drug-likeness (QED) is 0.272. The molecule has 0 aliphatic carbocycles. The van der Waals surface area contributed by atoms with Crippen LogP contribution in [0.4, 0.5) is 0 Å². The lowest BCUT2D eigenvalue weighted by molar-refractivity contribution is -0.114. The van der Waals surface area contributed by atoms with Gasteiger partial charge in [-0.15, -0.1) is 0 Å². The Morgan fingerprint density at radius 1 is 1.13 bits per heavy atom. The first-order chi connectivity index (χ1) is 18.0. The summed E-state index contributed by atoms with van der Waals surface area (Å²) >= 11 is 12.4. The number of rotatable bonds is 7. The van der Waals surface area contributed by atoms with Gasteiger partial charge in [0.2, 0.25) is 0 Å². The van der Waals surface area contributed by atoms with E-state index in [1.807, 2.05) is 0 Å². The van der Waals surface area contributed by atoms with Crippen LogP contribution in [0.25, 0.3) is 17.2 Å². The summed E-state index contributed by atoms with van der Waals surface area (Å²) in [6.45, 7) is 0.0720. The Balaban J connectivity index is 1.89. The predicted molar refractivity (Wildman–Crippen MR) is 142 cm³/mol. The Hall–Kier alpha value is -4.53. The number of fused-ring (bicyclic) bond motifs is 1. The molecule has 0 radical (unpaired) electrons. The number of amides is 1. The van der Waals surface area contributed by atoms with Crippen LogP contribution in [0.5, 0.6) is 17.5 Å². The van der Waals surface area contributed by atoms with Crippen LogP contribution in [0.15, 0.2) is 51.6 Å². The molecule has 194 valence electrons. The average molecular weight is 555 g/mol. The molecule has 2 aromatic carbocycles. The van der Waals surface area contributed by atoms with Crippen molar-refractivity contribution in [2.24, 2.45) is 19.8 Å². The van der Waals surface area contributed by atoms with Crippen molar-refractivity contribution >= 4 is 46.3 Å². The molecule has 2 N–H and O–H groups in total. The molecule has 38 heavy (non-hydrogen) atoms. The Morgan fingerprint density at radius 3 is 2.50 bits per heavy atom. The maximum absolute atomic E-state index is 13.2. The highest BCUT2D eigenvalue weighted by Gasteiger charge is 2.22. The number of halogens is 2. The molecule has 0 fully saturated rings. The number of hydrogen-bond donors (Lipinski definition) is 1. The molecule has 4 aromatic rings. The molecular formula is C25H20Cl2N6O5. The number of nitrogens with zero attached hydrogens (tertiary/aromatic N) is 5. The third-order valence-electron chi connectivity index (χ3n) is 5.74. The maximum atomic E-state index is 13.2. The van der Waals surface area contributed by atoms with Crippen molar-refractivity contribution in [3.05, 3.63) is 84.0 Å². The van der Waals surface area contributed by atoms with Crippen LogP contribution in [0.2, 0.25) is 10.0 Å². The van der Waals surface area contributed by atoms with E-state index in [9.17, 15) is 14.4 Å². The minimum absolute atomic E-state index is 0.0132. The van der Waals surface area contributed by atoms with Crippen molar-refractivity contribution in [1.29, 1.82) is 5.26 Å². The molecule has 4 rings (SSSR count). The zero-order chi connectivity index (χ0) is 27.7. The second-order valence-corrected chi connectivity index (χ2v) is 8.98. The van der Waals surface area contributed by atoms with Gasteiger partial charge >= 0.3 is 11.7 Å². The van der Waals surface area contributed by atoms with Crippen LogP contribution in [0.1, 0.15) is 11.1 Å². The molecule has 0 aliphatic heterocycles. The van der Waals surface area contributed by atoms with Crippen LogP contribution in [0.3, 0.4) is 0 Å². The van der Waals surface area contributed by atoms with E-state index in [1.54, 1.807) is 30.3 Å². The highest BCUT2D eigenvalue weighted by atomic mass is 35.5. The zero-order valence-electron chi connectivity index (χ0n) is 20.4. The van der Waals surface area contributed by atoms with E-state index in [0.29, 0.717) is 21.2 Å². The Bertz CT molecular complexity index is 1800. The molecule has 0 bridgehead atoms. The molecule has 2 heterocycles. The van der Waals surface area contributed by atoms with Crippen LogP contribution in [0, 0.1) is 11.3 Å². The smallest absolute Gasteiger partial charge is 0.332 e. The highest BCUT2D eigenvalue weighted by Crippen LogP contribution is 2.34. The highest BCUT2D eigenvalue weighted by molar-refractivity contribution is 6.35. The summed E-state index contributed by atoms with van der Waals surface area (Å²) in [5.41, 5.74) is 5.16. The van der Waals surface area contributed by atoms with Gasteiger partial charge in [-0.25, -0.2) is 4.79 Å². The maximum Gasteiger partial charge on any atom is 0.332 e. The molecule has 0 saturated carbocycles. The molecule has 0 saturated heterocycles. The summed E-state index contributed by atoms with van der Waals surface area (Å²) in [6.07, 6.45) is 1.31. The van der Waals surface area contributed by atoms with Crippen molar-refractivity contribution in [3.8, 4) is 23.6 Å². The van der Waals surface area contributed by atoms with Crippen LogP contribution >= 0.6 is 23.2 Å². The van der Waals surface area contributed by atoms with Gasteiger partial charge in [-0.3, -0.25) is 23.3 Å². The summed E-state index contributed by atoms with van der Waals surface area (Å²) in [5.74, 6) is -0.415. The zero-order valence-corrected chi connectivity index (χ0v) is 21.9. The lowest BCUT2D eigenvalue weighted by Crippen LogP contribution is -2.37. The van der Waals surface area contributed by atoms with Crippen molar-refractivity contribution in [2.45, 2.75) is 6.54 Å². The number of ether oxygens (including phenoxy) is 2. The number of hydrogen-bond acceptors (Lipinski definition) is 7. The first-order valence-corrected chi connectivity index (χ1v) is 11.7. The van der Waals surface area contributed by atoms with Crippen molar-refractivity contribution < 1.29 is 14.3 Å². The number of nitrogens with two attached hydrogens (primary N) is 1. The lowest BCUT2D eigenvalue weighted by Gasteiger charge is -2.13. The number of imidazole rings is 1. The van der Waals surface area contributed by atoms with Crippen molar-refractivity contribution in [3.63, 3.8) is 0 Å². The number of carbonyl (C=O) groups excluding carboxylic acids is 1. The van der Waals surface area contributed by atoms with Crippen LogP contribution in [-0.2, 0) is 25.4 Å².